The van der Waals surface area contributed by atoms with Crippen molar-refractivity contribution in [3.63, 3.8) is 0 Å². The zero-order valence-electron chi connectivity index (χ0n) is 15.4. The first kappa shape index (κ1) is 19.6. The van der Waals surface area contributed by atoms with Crippen LogP contribution in [0.2, 0.25) is 0 Å². The molecule has 0 amide bonds. The molecule has 2 heteroatoms. The Bertz CT molecular complexity index is 634. The van der Waals surface area contributed by atoms with Gasteiger partial charge >= 0.3 is 0 Å². The van der Waals surface area contributed by atoms with Gasteiger partial charge in [-0.2, -0.15) is 0 Å². The molecule has 2 nitrogen and oxygen atoms in total. The van der Waals surface area contributed by atoms with E-state index in [0.717, 1.165) is 25.9 Å². The van der Waals surface area contributed by atoms with Crippen LogP contribution in [0.3, 0.4) is 0 Å². The summed E-state index contributed by atoms with van der Waals surface area (Å²) in [6.07, 6.45) is 16.7. The number of allylic oxidation sites excluding steroid dienone is 2. The molecule has 0 saturated carbocycles. The van der Waals surface area contributed by atoms with Crippen LogP contribution < -0.4 is 0 Å². The molecule has 0 fully saturated rings. The van der Waals surface area contributed by atoms with Gasteiger partial charge < -0.3 is 0 Å². The van der Waals surface area contributed by atoms with E-state index in [9.17, 15) is 0 Å². The molecule has 0 aliphatic carbocycles. The van der Waals surface area contributed by atoms with Gasteiger partial charge in [0.15, 0.2) is 0 Å². The van der Waals surface area contributed by atoms with Gasteiger partial charge in [-0.3, -0.25) is 9.98 Å². The summed E-state index contributed by atoms with van der Waals surface area (Å²) in [6.45, 7) is 1.81. The lowest BCUT2D eigenvalue weighted by Crippen LogP contribution is -1.86. The molecule has 0 bridgehead atoms. The lowest BCUT2D eigenvalue weighted by Gasteiger charge is -1.96. The van der Waals surface area contributed by atoms with Crippen LogP contribution in [-0.2, 0) is 0 Å². The van der Waals surface area contributed by atoms with Crippen molar-refractivity contribution in [2.45, 2.75) is 25.7 Å². The molecule has 0 aromatic heterocycles. The number of nitrogens with zero attached hydrogens (tertiary/aromatic N) is 2. The van der Waals surface area contributed by atoms with Crippen LogP contribution in [0, 0.1) is 0 Å². The molecule has 0 unspecified atom stereocenters. The van der Waals surface area contributed by atoms with Gasteiger partial charge in [0.2, 0.25) is 0 Å². The molecule has 0 aliphatic heterocycles. The van der Waals surface area contributed by atoms with Crippen LogP contribution in [0.25, 0.3) is 12.2 Å². The second-order valence-corrected chi connectivity index (χ2v) is 6.06. The molecule has 2 aromatic rings. The number of hydrogen-bond acceptors (Lipinski definition) is 2. The highest BCUT2D eigenvalue weighted by atomic mass is 14.7. The van der Waals surface area contributed by atoms with Crippen molar-refractivity contribution in [3.05, 3.63) is 83.9 Å². The molecule has 0 aliphatic rings. The molecule has 134 valence electrons. The SMILES string of the molecule is C(/C=C/c1ccccc1)=N/CCCCCC/N=C\C=C\c1ccccc1. The molecule has 2 aromatic carbocycles. The largest absolute Gasteiger partial charge is 0.293 e. The Hall–Kier alpha value is -2.74. The van der Waals surface area contributed by atoms with Gasteiger partial charge in [0.05, 0.1) is 0 Å². The van der Waals surface area contributed by atoms with Crippen molar-refractivity contribution in [1.82, 2.24) is 0 Å². The number of rotatable bonds is 11. The highest BCUT2D eigenvalue weighted by Gasteiger charge is 1.88. The topological polar surface area (TPSA) is 24.7 Å². The molecule has 26 heavy (non-hydrogen) atoms. The predicted molar refractivity (Wildman–Crippen MR) is 116 cm³/mol. The fraction of sp³-hybridized carbons (Fsp3) is 0.250. The van der Waals surface area contributed by atoms with E-state index in [-0.39, 0.29) is 0 Å². The van der Waals surface area contributed by atoms with Gasteiger partial charge in [-0.05, 0) is 36.1 Å². The minimum absolute atomic E-state index is 0.905. The van der Waals surface area contributed by atoms with Gasteiger partial charge in [0, 0.05) is 25.5 Å². The van der Waals surface area contributed by atoms with E-state index in [4.69, 9.17) is 0 Å². The molecule has 2 rings (SSSR count). The predicted octanol–water partition coefficient (Wildman–Crippen LogP) is 6.12. The average Bonchev–Trinajstić information content (AvgIpc) is 2.70. The summed E-state index contributed by atoms with van der Waals surface area (Å²) in [6, 6.07) is 20.6. The molecular formula is C24H28N2. The first-order valence-electron chi connectivity index (χ1n) is 9.38. The van der Waals surface area contributed by atoms with Crippen molar-refractivity contribution >= 4 is 24.6 Å². The smallest absolute Gasteiger partial charge is 0.0389 e. The van der Waals surface area contributed by atoms with Gasteiger partial charge in [-0.1, -0.05) is 85.7 Å². The highest BCUT2D eigenvalue weighted by molar-refractivity contribution is 5.78. The summed E-state index contributed by atoms with van der Waals surface area (Å²) >= 11 is 0. The summed E-state index contributed by atoms with van der Waals surface area (Å²) in [5, 5.41) is 0. The van der Waals surface area contributed by atoms with Gasteiger partial charge in [-0.15, -0.1) is 0 Å². The van der Waals surface area contributed by atoms with Crippen molar-refractivity contribution in [1.29, 1.82) is 0 Å². The molecule has 0 heterocycles. The van der Waals surface area contributed by atoms with E-state index in [1.807, 2.05) is 61.0 Å². The zero-order valence-corrected chi connectivity index (χ0v) is 15.4. The molecular weight excluding hydrogens is 316 g/mol. The maximum Gasteiger partial charge on any atom is 0.0389 e. The maximum absolute atomic E-state index is 4.42. The van der Waals surface area contributed by atoms with E-state index < -0.39 is 0 Å². The number of aliphatic imine (C=N–C) groups is 2. The van der Waals surface area contributed by atoms with Crippen LogP contribution in [0.15, 0.2) is 82.8 Å². The molecule has 0 atom stereocenters. The first-order valence-corrected chi connectivity index (χ1v) is 9.38. The second-order valence-electron chi connectivity index (χ2n) is 6.06. The van der Waals surface area contributed by atoms with Gasteiger partial charge in [0.25, 0.3) is 0 Å². The van der Waals surface area contributed by atoms with E-state index in [2.05, 4.69) is 46.4 Å². The third kappa shape index (κ3) is 9.53. The molecule has 0 N–H and O–H groups in total. The summed E-state index contributed by atoms with van der Waals surface area (Å²) in [5.41, 5.74) is 2.41. The van der Waals surface area contributed by atoms with Gasteiger partial charge in [0.1, 0.15) is 0 Å². The lowest BCUT2D eigenvalue weighted by molar-refractivity contribution is 0.655. The molecule has 0 radical (unpaired) electrons. The molecule has 0 spiro atoms. The van der Waals surface area contributed by atoms with Crippen molar-refractivity contribution in [2.75, 3.05) is 13.1 Å². The fourth-order valence-electron chi connectivity index (χ4n) is 2.47. The van der Waals surface area contributed by atoms with E-state index in [1.165, 1.54) is 24.0 Å². The molecule has 0 saturated heterocycles. The van der Waals surface area contributed by atoms with Crippen molar-refractivity contribution in [2.24, 2.45) is 9.98 Å². The van der Waals surface area contributed by atoms with Crippen molar-refractivity contribution < 1.29 is 0 Å². The number of unbranched alkanes of at least 4 members (excludes halogenated alkanes) is 3. The standard InChI is InChI=1S/C24H28N2/c1(9-19-25-21-11-17-23-13-5-3-6-14-23)2-10-20-26-22-12-18-24-15-7-4-8-16-24/h3-8,11-18,21-22H,1-2,9-10,19-20H2/b17-11+,18-12+,25-21-,26-22-. The summed E-state index contributed by atoms with van der Waals surface area (Å²) in [5.74, 6) is 0. The minimum Gasteiger partial charge on any atom is -0.293 e. The third-order valence-electron chi connectivity index (χ3n) is 3.88. The van der Waals surface area contributed by atoms with E-state index >= 15 is 0 Å². The quantitative estimate of drug-likeness (QED) is 0.347. The maximum atomic E-state index is 4.42. The van der Waals surface area contributed by atoms with Crippen molar-refractivity contribution in [3.8, 4) is 0 Å². The fourth-order valence-corrected chi connectivity index (χ4v) is 2.47. The van der Waals surface area contributed by atoms with E-state index in [1.54, 1.807) is 0 Å². The summed E-state index contributed by atoms with van der Waals surface area (Å²) in [7, 11) is 0. The normalized spacial score (nSPS) is 12.2. The Balaban J connectivity index is 1.44. The minimum atomic E-state index is 0.905. The lowest BCUT2D eigenvalue weighted by atomic mass is 10.2. The highest BCUT2D eigenvalue weighted by Crippen LogP contribution is 2.02. The Kier molecular flexibility index (Phi) is 10.2. The van der Waals surface area contributed by atoms with Gasteiger partial charge in [-0.25, -0.2) is 0 Å². The first-order chi connectivity index (χ1) is 12.9. The monoisotopic (exact) mass is 344 g/mol. The zero-order chi connectivity index (χ0) is 18.1. The van der Waals surface area contributed by atoms with Crippen LogP contribution >= 0.6 is 0 Å². The van der Waals surface area contributed by atoms with Crippen LogP contribution in [0.1, 0.15) is 36.8 Å². The van der Waals surface area contributed by atoms with Crippen LogP contribution in [0.5, 0.6) is 0 Å². The summed E-state index contributed by atoms with van der Waals surface area (Å²) < 4.78 is 0. The van der Waals surface area contributed by atoms with E-state index in [0.29, 0.717) is 0 Å². The Morgan fingerprint density at radius 1 is 0.538 bits per heavy atom. The van der Waals surface area contributed by atoms with Crippen LogP contribution in [-0.4, -0.2) is 25.5 Å². The second kappa shape index (κ2) is 13.5. The number of benzene rings is 2. The Morgan fingerprint density at radius 3 is 1.38 bits per heavy atom. The summed E-state index contributed by atoms with van der Waals surface area (Å²) in [4.78, 5) is 8.85. The number of hydrogen-bond donors (Lipinski definition) is 0. The average molecular weight is 345 g/mol. The Labute approximate surface area is 157 Å². The van der Waals surface area contributed by atoms with Crippen LogP contribution in [0.4, 0.5) is 0 Å². The Morgan fingerprint density at radius 2 is 0.962 bits per heavy atom. The third-order valence-corrected chi connectivity index (χ3v) is 3.88.